The molecule has 0 aromatic heterocycles. The summed E-state index contributed by atoms with van der Waals surface area (Å²) in [4.78, 5) is 2.36. The summed E-state index contributed by atoms with van der Waals surface area (Å²) in [5.74, 6) is 0. The van der Waals surface area contributed by atoms with E-state index in [9.17, 15) is 0 Å². The molecule has 0 radical (unpaired) electrons. The van der Waals surface area contributed by atoms with Gasteiger partial charge in [0.2, 0.25) is 0 Å². The molecular weight excluding hydrogens is 206 g/mol. The van der Waals surface area contributed by atoms with Gasteiger partial charge in [-0.15, -0.1) is 11.8 Å². The number of rotatable bonds is 4. The normalized spacial score (nSPS) is 20.5. The number of unbranched alkanes of at least 4 members (excludes halogenated alkanes) is 1. The standard InChI is InChI=1S/C11H17N3S/c1-15-11(10-13)4-8-14(9-5-11)7-3-2-6-12/h2-5,7-9H2,1H3. The molecule has 1 rings (SSSR count). The Bertz CT molecular complexity index is 269. The van der Waals surface area contributed by atoms with Gasteiger partial charge in [-0.25, -0.2) is 0 Å². The van der Waals surface area contributed by atoms with Crippen molar-refractivity contribution >= 4 is 11.8 Å². The van der Waals surface area contributed by atoms with E-state index >= 15 is 0 Å². The predicted molar refractivity (Wildman–Crippen MR) is 62.4 cm³/mol. The van der Waals surface area contributed by atoms with Crippen LogP contribution < -0.4 is 0 Å². The lowest BCUT2D eigenvalue weighted by Gasteiger charge is -2.36. The first-order chi connectivity index (χ1) is 7.26. The van der Waals surface area contributed by atoms with Crippen molar-refractivity contribution in [3.05, 3.63) is 0 Å². The van der Waals surface area contributed by atoms with Crippen molar-refractivity contribution in [2.75, 3.05) is 25.9 Å². The van der Waals surface area contributed by atoms with Crippen LogP contribution in [0.15, 0.2) is 0 Å². The first kappa shape index (κ1) is 12.4. The predicted octanol–water partition coefficient (Wildman–Crippen LogP) is 2.01. The van der Waals surface area contributed by atoms with E-state index in [0.29, 0.717) is 6.42 Å². The van der Waals surface area contributed by atoms with Gasteiger partial charge in [0.15, 0.2) is 0 Å². The fourth-order valence-corrected chi connectivity index (χ4v) is 2.56. The van der Waals surface area contributed by atoms with Gasteiger partial charge in [-0.1, -0.05) is 0 Å². The van der Waals surface area contributed by atoms with E-state index in [0.717, 1.165) is 38.9 Å². The van der Waals surface area contributed by atoms with Crippen LogP contribution in [-0.4, -0.2) is 35.5 Å². The zero-order chi connectivity index (χ0) is 11.1. The molecule has 0 spiro atoms. The van der Waals surface area contributed by atoms with Gasteiger partial charge in [0, 0.05) is 19.5 Å². The molecule has 0 bridgehead atoms. The van der Waals surface area contributed by atoms with E-state index < -0.39 is 0 Å². The quantitative estimate of drug-likeness (QED) is 0.684. The van der Waals surface area contributed by atoms with Crippen LogP contribution in [0.4, 0.5) is 0 Å². The summed E-state index contributed by atoms with van der Waals surface area (Å²) in [7, 11) is 0. The molecule has 3 nitrogen and oxygen atoms in total. The number of piperidine rings is 1. The average Bonchev–Trinajstić information content (AvgIpc) is 2.31. The number of likely N-dealkylation sites (tertiary alicyclic amines) is 1. The van der Waals surface area contributed by atoms with Crippen molar-refractivity contribution < 1.29 is 0 Å². The van der Waals surface area contributed by atoms with Crippen LogP contribution in [0.3, 0.4) is 0 Å². The van der Waals surface area contributed by atoms with E-state index in [2.05, 4.69) is 17.0 Å². The second kappa shape index (κ2) is 6.00. The molecule has 1 aliphatic rings. The monoisotopic (exact) mass is 223 g/mol. The molecule has 0 unspecified atom stereocenters. The number of hydrogen-bond donors (Lipinski definition) is 0. The highest BCUT2D eigenvalue weighted by Gasteiger charge is 2.33. The zero-order valence-electron chi connectivity index (χ0n) is 9.20. The molecule has 0 saturated carbocycles. The SMILES string of the molecule is CSC1(C#N)CCN(CCCC#N)CC1. The summed E-state index contributed by atoms with van der Waals surface area (Å²) in [6.45, 7) is 3.00. The van der Waals surface area contributed by atoms with Gasteiger partial charge in [-0.2, -0.15) is 10.5 Å². The van der Waals surface area contributed by atoms with Gasteiger partial charge in [-0.05, 0) is 32.1 Å². The summed E-state index contributed by atoms with van der Waals surface area (Å²) < 4.78 is -0.147. The van der Waals surface area contributed by atoms with E-state index in [1.165, 1.54) is 0 Å². The second-order valence-electron chi connectivity index (χ2n) is 3.91. The Morgan fingerprint density at radius 2 is 2.00 bits per heavy atom. The number of nitrogens with zero attached hydrogens (tertiary/aromatic N) is 3. The molecule has 0 N–H and O–H groups in total. The minimum Gasteiger partial charge on any atom is -0.303 e. The minimum absolute atomic E-state index is 0.147. The third kappa shape index (κ3) is 3.41. The van der Waals surface area contributed by atoms with Crippen LogP contribution >= 0.6 is 11.8 Å². The van der Waals surface area contributed by atoms with Crippen molar-refractivity contribution in [2.45, 2.75) is 30.4 Å². The molecule has 1 fully saturated rings. The summed E-state index contributed by atoms with van der Waals surface area (Å²) in [6, 6.07) is 4.60. The molecule has 15 heavy (non-hydrogen) atoms. The lowest BCUT2D eigenvalue weighted by atomic mass is 9.97. The largest absolute Gasteiger partial charge is 0.303 e. The van der Waals surface area contributed by atoms with E-state index in [1.54, 1.807) is 11.8 Å². The Kier molecular flexibility index (Phi) is 4.94. The first-order valence-electron chi connectivity index (χ1n) is 5.32. The molecule has 1 heterocycles. The molecule has 0 atom stereocenters. The van der Waals surface area contributed by atoms with Crippen LogP contribution in [0.2, 0.25) is 0 Å². The fourth-order valence-electron chi connectivity index (χ4n) is 1.88. The smallest absolute Gasteiger partial charge is 0.104 e. The number of nitriles is 2. The third-order valence-corrected chi connectivity index (χ3v) is 4.30. The Labute approximate surface area is 96.1 Å². The molecule has 0 aliphatic carbocycles. The maximum Gasteiger partial charge on any atom is 0.104 e. The molecule has 4 heteroatoms. The number of hydrogen-bond acceptors (Lipinski definition) is 4. The number of thioether (sulfide) groups is 1. The molecule has 0 aromatic rings. The molecule has 0 aromatic carbocycles. The summed E-state index contributed by atoms with van der Waals surface area (Å²) in [6.07, 6.45) is 5.53. The van der Waals surface area contributed by atoms with E-state index in [-0.39, 0.29) is 4.75 Å². The Balaban J connectivity index is 2.30. The van der Waals surface area contributed by atoms with Crippen LogP contribution in [-0.2, 0) is 0 Å². The zero-order valence-corrected chi connectivity index (χ0v) is 10.0. The van der Waals surface area contributed by atoms with Crippen molar-refractivity contribution in [3.63, 3.8) is 0 Å². The molecule has 1 saturated heterocycles. The fraction of sp³-hybridized carbons (Fsp3) is 0.818. The Morgan fingerprint density at radius 1 is 1.33 bits per heavy atom. The maximum absolute atomic E-state index is 9.11. The highest BCUT2D eigenvalue weighted by Crippen LogP contribution is 2.33. The van der Waals surface area contributed by atoms with Gasteiger partial charge >= 0.3 is 0 Å². The van der Waals surface area contributed by atoms with Gasteiger partial charge in [0.25, 0.3) is 0 Å². The van der Waals surface area contributed by atoms with Crippen molar-refractivity contribution in [3.8, 4) is 12.1 Å². The highest BCUT2D eigenvalue weighted by molar-refractivity contribution is 8.00. The van der Waals surface area contributed by atoms with Gasteiger partial charge in [-0.3, -0.25) is 0 Å². The summed E-state index contributed by atoms with van der Waals surface area (Å²) in [5, 5.41) is 17.5. The third-order valence-electron chi connectivity index (χ3n) is 3.02. The molecule has 0 amide bonds. The van der Waals surface area contributed by atoms with E-state index in [4.69, 9.17) is 10.5 Å². The Hall–Kier alpha value is -0.710. The average molecular weight is 223 g/mol. The lowest BCUT2D eigenvalue weighted by Crippen LogP contribution is -2.41. The van der Waals surface area contributed by atoms with Gasteiger partial charge < -0.3 is 4.90 Å². The van der Waals surface area contributed by atoms with Crippen LogP contribution in [0.5, 0.6) is 0 Å². The van der Waals surface area contributed by atoms with Crippen molar-refractivity contribution in [1.82, 2.24) is 4.90 Å². The van der Waals surface area contributed by atoms with E-state index in [1.807, 2.05) is 6.26 Å². The maximum atomic E-state index is 9.11. The summed E-state index contributed by atoms with van der Waals surface area (Å²) in [5.41, 5.74) is 0. The summed E-state index contributed by atoms with van der Waals surface area (Å²) >= 11 is 1.68. The van der Waals surface area contributed by atoms with Crippen LogP contribution in [0.1, 0.15) is 25.7 Å². The molecule has 1 aliphatic heterocycles. The lowest BCUT2D eigenvalue weighted by molar-refractivity contribution is 0.215. The second-order valence-corrected chi connectivity index (χ2v) is 5.10. The van der Waals surface area contributed by atoms with Crippen LogP contribution in [0, 0.1) is 22.7 Å². The van der Waals surface area contributed by atoms with Crippen molar-refractivity contribution in [1.29, 1.82) is 10.5 Å². The topological polar surface area (TPSA) is 50.8 Å². The first-order valence-corrected chi connectivity index (χ1v) is 6.54. The molecule has 82 valence electrons. The van der Waals surface area contributed by atoms with Crippen molar-refractivity contribution in [2.24, 2.45) is 0 Å². The van der Waals surface area contributed by atoms with Gasteiger partial charge in [0.05, 0.1) is 12.1 Å². The van der Waals surface area contributed by atoms with Gasteiger partial charge in [0.1, 0.15) is 4.75 Å². The Morgan fingerprint density at radius 3 is 2.47 bits per heavy atom. The highest BCUT2D eigenvalue weighted by atomic mass is 32.2. The minimum atomic E-state index is -0.147. The van der Waals surface area contributed by atoms with Crippen LogP contribution in [0.25, 0.3) is 0 Å². The molecular formula is C11H17N3S.